The molecule has 0 aromatic rings. The van der Waals surface area contributed by atoms with Gasteiger partial charge in [-0.05, 0) is 6.42 Å². The zero-order chi connectivity index (χ0) is 5.82. The second-order valence-electron chi connectivity index (χ2n) is 1.82. The summed E-state index contributed by atoms with van der Waals surface area (Å²) in [6, 6.07) is 0. The molecule has 0 bridgehead atoms. The predicted molar refractivity (Wildman–Crippen MR) is 33.7 cm³/mol. The average molecular weight is 110 g/mol. The molecule has 1 aliphatic carbocycles. The minimum atomic E-state index is 0.319. The first-order valence-electron chi connectivity index (χ1n) is 2.79. The van der Waals surface area contributed by atoms with Crippen LogP contribution in [0.3, 0.4) is 0 Å². The Morgan fingerprint density at radius 2 is 2.38 bits per heavy atom. The molecule has 1 rings (SSSR count). The Hall–Kier alpha value is -0.560. The number of allylic oxidation sites excluding steroid dienone is 2. The van der Waals surface area contributed by atoms with E-state index in [9.17, 15) is 0 Å². The van der Waals surface area contributed by atoms with Gasteiger partial charge in [0.25, 0.3) is 0 Å². The maximum absolute atomic E-state index is 5.05. The van der Waals surface area contributed by atoms with Crippen LogP contribution in [0.25, 0.3) is 0 Å². The summed E-state index contributed by atoms with van der Waals surface area (Å²) in [5, 5.41) is 0. The highest BCUT2D eigenvalue weighted by molar-refractivity contribution is 5.11. The van der Waals surface area contributed by atoms with E-state index in [0.717, 1.165) is 6.42 Å². The number of ether oxygens (including phenoxy) is 1. The Morgan fingerprint density at radius 3 is 2.75 bits per heavy atom. The van der Waals surface area contributed by atoms with Crippen LogP contribution in [0, 0.1) is 0 Å². The predicted octanol–water partition coefficient (Wildman–Crippen LogP) is 1.52. The van der Waals surface area contributed by atoms with E-state index in [4.69, 9.17) is 4.74 Å². The molecule has 1 nitrogen and oxygen atoms in total. The van der Waals surface area contributed by atoms with Crippen LogP contribution in [-0.4, -0.2) is 13.2 Å². The van der Waals surface area contributed by atoms with Gasteiger partial charge >= 0.3 is 0 Å². The molecule has 0 radical (unpaired) electrons. The third-order valence-corrected chi connectivity index (χ3v) is 1.24. The molecule has 0 fully saturated rings. The Bertz CT molecular complexity index is 114. The lowest BCUT2D eigenvalue weighted by molar-refractivity contribution is 0.142. The molecule has 1 heteroatoms. The molecule has 44 valence electrons. The van der Waals surface area contributed by atoms with Crippen LogP contribution >= 0.6 is 0 Å². The molecule has 8 heavy (non-hydrogen) atoms. The topological polar surface area (TPSA) is 9.23 Å². The fourth-order valence-corrected chi connectivity index (χ4v) is 0.733. The monoisotopic (exact) mass is 110 g/mol. The number of rotatable bonds is 1. The van der Waals surface area contributed by atoms with E-state index in [2.05, 4.69) is 12.2 Å². The summed E-state index contributed by atoms with van der Waals surface area (Å²) in [5.74, 6) is 0. The molecule has 0 aromatic heterocycles. The first-order valence-corrected chi connectivity index (χ1v) is 2.79. The molecule has 1 aliphatic rings. The zero-order valence-electron chi connectivity index (χ0n) is 5.00. The van der Waals surface area contributed by atoms with Gasteiger partial charge < -0.3 is 4.74 Å². The van der Waals surface area contributed by atoms with Crippen molar-refractivity contribution in [3.8, 4) is 0 Å². The first-order chi connectivity index (χ1) is 3.93. The summed E-state index contributed by atoms with van der Waals surface area (Å²) in [6.45, 7) is 0. The fourth-order valence-electron chi connectivity index (χ4n) is 0.733. The molecule has 0 aliphatic heterocycles. The lowest BCUT2D eigenvalue weighted by atomic mass is 10.1. The molecule has 1 atom stereocenters. The van der Waals surface area contributed by atoms with Crippen molar-refractivity contribution in [3.63, 3.8) is 0 Å². The van der Waals surface area contributed by atoms with E-state index in [1.54, 1.807) is 7.11 Å². The van der Waals surface area contributed by atoms with E-state index >= 15 is 0 Å². The largest absolute Gasteiger partial charge is 0.377 e. The minimum Gasteiger partial charge on any atom is -0.377 e. The van der Waals surface area contributed by atoms with Gasteiger partial charge in [0.1, 0.15) is 0 Å². The van der Waals surface area contributed by atoms with E-state index in [1.807, 2.05) is 12.2 Å². The average Bonchev–Trinajstić information content (AvgIpc) is 1.90. The summed E-state index contributed by atoms with van der Waals surface area (Å²) in [6.07, 6.45) is 9.55. The van der Waals surface area contributed by atoms with E-state index in [1.165, 1.54) is 0 Å². The lowest BCUT2D eigenvalue weighted by Crippen LogP contribution is -2.05. The molecule has 0 unspecified atom stereocenters. The van der Waals surface area contributed by atoms with Crippen LogP contribution in [0.1, 0.15) is 6.42 Å². The van der Waals surface area contributed by atoms with E-state index < -0.39 is 0 Å². The maximum Gasteiger partial charge on any atom is 0.0789 e. The SMILES string of the molecule is CO[C@H]1C=CC=CC1. The van der Waals surface area contributed by atoms with Crippen molar-refractivity contribution in [2.45, 2.75) is 12.5 Å². The number of methoxy groups -OCH3 is 1. The first kappa shape index (κ1) is 5.57. The summed E-state index contributed by atoms with van der Waals surface area (Å²) < 4.78 is 5.05. The second-order valence-corrected chi connectivity index (χ2v) is 1.82. The van der Waals surface area contributed by atoms with Gasteiger partial charge in [-0.25, -0.2) is 0 Å². The van der Waals surface area contributed by atoms with E-state index in [-0.39, 0.29) is 0 Å². The maximum atomic E-state index is 5.05. The molecule has 0 N–H and O–H groups in total. The van der Waals surface area contributed by atoms with Gasteiger partial charge in [-0.1, -0.05) is 24.3 Å². The Labute approximate surface area is 49.7 Å². The van der Waals surface area contributed by atoms with Crippen molar-refractivity contribution < 1.29 is 4.74 Å². The van der Waals surface area contributed by atoms with Crippen molar-refractivity contribution in [2.75, 3.05) is 7.11 Å². The van der Waals surface area contributed by atoms with Gasteiger partial charge in [0.15, 0.2) is 0 Å². The molecule has 0 spiro atoms. The summed E-state index contributed by atoms with van der Waals surface area (Å²) >= 11 is 0. The highest BCUT2D eigenvalue weighted by atomic mass is 16.5. The number of hydrogen-bond donors (Lipinski definition) is 0. The van der Waals surface area contributed by atoms with Crippen molar-refractivity contribution in [3.05, 3.63) is 24.3 Å². The highest BCUT2D eigenvalue weighted by Gasteiger charge is 1.99. The van der Waals surface area contributed by atoms with Gasteiger partial charge in [-0.3, -0.25) is 0 Å². The van der Waals surface area contributed by atoms with Gasteiger partial charge in [-0.2, -0.15) is 0 Å². The van der Waals surface area contributed by atoms with Crippen LogP contribution in [-0.2, 0) is 4.74 Å². The van der Waals surface area contributed by atoms with Crippen molar-refractivity contribution in [1.29, 1.82) is 0 Å². The van der Waals surface area contributed by atoms with Crippen LogP contribution in [0.15, 0.2) is 24.3 Å². The molecule has 0 saturated heterocycles. The summed E-state index contributed by atoms with van der Waals surface area (Å²) in [5.41, 5.74) is 0. The van der Waals surface area contributed by atoms with Gasteiger partial charge in [0, 0.05) is 7.11 Å². The normalized spacial score (nSPS) is 26.4. The van der Waals surface area contributed by atoms with Crippen LogP contribution in [0.5, 0.6) is 0 Å². The molecular weight excluding hydrogens is 100 g/mol. The summed E-state index contributed by atoms with van der Waals surface area (Å²) in [4.78, 5) is 0. The van der Waals surface area contributed by atoms with Crippen molar-refractivity contribution in [1.82, 2.24) is 0 Å². The fraction of sp³-hybridized carbons (Fsp3) is 0.429. The standard InChI is InChI=1S/C7H10O/c1-8-7-5-3-2-4-6-7/h2-5,7H,6H2,1H3/t7-/m0/s1. The second kappa shape index (κ2) is 2.68. The minimum absolute atomic E-state index is 0.319. The Morgan fingerprint density at radius 1 is 1.50 bits per heavy atom. The van der Waals surface area contributed by atoms with Crippen LogP contribution < -0.4 is 0 Å². The molecule has 0 heterocycles. The molecule has 0 saturated carbocycles. The van der Waals surface area contributed by atoms with Crippen molar-refractivity contribution >= 4 is 0 Å². The van der Waals surface area contributed by atoms with Crippen LogP contribution in [0.2, 0.25) is 0 Å². The third kappa shape index (κ3) is 1.20. The van der Waals surface area contributed by atoms with E-state index in [0.29, 0.717) is 6.10 Å². The smallest absolute Gasteiger partial charge is 0.0789 e. The van der Waals surface area contributed by atoms with Gasteiger partial charge in [0.2, 0.25) is 0 Å². The lowest BCUT2D eigenvalue weighted by Gasteiger charge is -2.08. The summed E-state index contributed by atoms with van der Waals surface area (Å²) in [7, 11) is 1.73. The highest BCUT2D eigenvalue weighted by Crippen LogP contribution is 2.04. The molecule has 0 amide bonds. The van der Waals surface area contributed by atoms with Crippen LogP contribution in [0.4, 0.5) is 0 Å². The Kier molecular flexibility index (Phi) is 1.86. The van der Waals surface area contributed by atoms with Gasteiger partial charge in [-0.15, -0.1) is 0 Å². The van der Waals surface area contributed by atoms with Gasteiger partial charge in [0.05, 0.1) is 6.10 Å². The zero-order valence-corrected chi connectivity index (χ0v) is 5.00. The third-order valence-electron chi connectivity index (χ3n) is 1.24. The van der Waals surface area contributed by atoms with Crippen molar-refractivity contribution in [2.24, 2.45) is 0 Å². The molecule has 0 aromatic carbocycles. The Balaban J connectivity index is 2.40. The quantitative estimate of drug-likeness (QED) is 0.497. The molecular formula is C7H10O. The number of hydrogen-bond acceptors (Lipinski definition) is 1.